The van der Waals surface area contributed by atoms with Gasteiger partial charge in [0.05, 0.1) is 5.52 Å². The molecule has 1 saturated heterocycles. The summed E-state index contributed by atoms with van der Waals surface area (Å²) in [7, 11) is 0. The molecule has 1 aromatic carbocycles. The summed E-state index contributed by atoms with van der Waals surface area (Å²) in [6.45, 7) is 4.45. The highest BCUT2D eigenvalue weighted by molar-refractivity contribution is 6.04. The average Bonchev–Trinajstić information content (AvgIpc) is 3.48. The van der Waals surface area contributed by atoms with Gasteiger partial charge in [0, 0.05) is 30.9 Å². The zero-order valence-electron chi connectivity index (χ0n) is 15.6. The van der Waals surface area contributed by atoms with Crippen molar-refractivity contribution >= 4 is 16.8 Å². The summed E-state index contributed by atoms with van der Waals surface area (Å²) in [5.41, 5.74) is 1.55. The molecule has 1 atom stereocenters. The Labute approximate surface area is 157 Å². The first-order chi connectivity index (χ1) is 13.2. The number of carbonyl (C=O) groups is 1. The summed E-state index contributed by atoms with van der Waals surface area (Å²) in [6.07, 6.45) is 6.57. The maximum absolute atomic E-state index is 13.3. The summed E-state index contributed by atoms with van der Waals surface area (Å²) in [5.74, 6) is 1.29. The summed E-state index contributed by atoms with van der Waals surface area (Å²) in [5, 5.41) is 16.8. The van der Waals surface area contributed by atoms with Gasteiger partial charge in [-0.15, -0.1) is 10.2 Å². The molecule has 3 aromatic rings. The predicted molar refractivity (Wildman–Crippen MR) is 101 cm³/mol. The Balaban J connectivity index is 1.50. The van der Waals surface area contributed by atoms with Crippen molar-refractivity contribution in [2.24, 2.45) is 5.41 Å². The fraction of sp³-hybridized carbons (Fsp3) is 0.500. The SMILES string of the molecule is CCn1cnnc1C1CN(C(=O)c2n[nH]c3ccccc23)CC12CCCC2. The van der Waals surface area contributed by atoms with Crippen LogP contribution in [-0.2, 0) is 6.54 Å². The van der Waals surface area contributed by atoms with Crippen LogP contribution in [0.4, 0.5) is 0 Å². The molecule has 1 aliphatic carbocycles. The van der Waals surface area contributed by atoms with E-state index in [1.54, 1.807) is 0 Å². The second-order valence-electron chi connectivity index (χ2n) is 7.90. The molecule has 0 bridgehead atoms. The minimum absolute atomic E-state index is 0.0174. The van der Waals surface area contributed by atoms with Crippen molar-refractivity contribution in [3.8, 4) is 0 Å². The van der Waals surface area contributed by atoms with Crippen LogP contribution in [0, 0.1) is 5.41 Å². The Morgan fingerprint density at radius 1 is 1.30 bits per heavy atom. The largest absolute Gasteiger partial charge is 0.336 e. The third-order valence-electron chi connectivity index (χ3n) is 6.51. The lowest BCUT2D eigenvalue weighted by atomic mass is 9.76. The van der Waals surface area contributed by atoms with Gasteiger partial charge in [0.15, 0.2) is 5.69 Å². The van der Waals surface area contributed by atoms with Gasteiger partial charge in [-0.2, -0.15) is 5.10 Å². The minimum Gasteiger partial charge on any atom is -0.336 e. The molecule has 3 heterocycles. The van der Waals surface area contributed by atoms with E-state index < -0.39 is 0 Å². The highest BCUT2D eigenvalue weighted by Gasteiger charge is 2.51. The molecular formula is C20H24N6O. The van der Waals surface area contributed by atoms with Gasteiger partial charge in [-0.05, 0) is 31.2 Å². The number of amides is 1. The third-order valence-corrected chi connectivity index (χ3v) is 6.51. The number of nitrogens with zero attached hydrogens (tertiary/aromatic N) is 5. The first-order valence-electron chi connectivity index (χ1n) is 9.82. The van der Waals surface area contributed by atoms with Crippen LogP contribution in [0.2, 0.25) is 0 Å². The molecule has 1 amide bonds. The lowest BCUT2D eigenvalue weighted by Crippen LogP contribution is -2.31. The van der Waals surface area contributed by atoms with Gasteiger partial charge in [-0.25, -0.2) is 0 Å². The van der Waals surface area contributed by atoms with Crippen molar-refractivity contribution in [3.63, 3.8) is 0 Å². The monoisotopic (exact) mass is 364 g/mol. The van der Waals surface area contributed by atoms with Gasteiger partial charge >= 0.3 is 0 Å². The normalized spacial score (nSPS) is 21.5. The number of benzene rings is 1. The van der Waals surface area contributed by atoms with Gasteiger partial charge in [0.2, 0.25) is 0 Å². The van der Waals surface area contributed by atoms with Crippen molar-refractivity contribution < 1.29 is 4.79 Å². The van der Waals surface area contributed by atoms with Crippen LogP contribution >= 0.6 is 0 Å². The number of hydrogen-bond acceptors (Lipinski definition) is 4. The molecule has 7 heteroatoms. The van der Waals surface area contributed by atoms with Crippen LogP contribution in [0.5, 0.6) is 0 Å². The molecule has 1 aliphatic heterocycles. The van der Waals surface area contributed by atoms with Crippen LogP contribution in [0.3, 0.4) is 0 Å². The van der Waals surface area contributed by atoms with Crippen molar-refractivity contribution in [2.75, 3.05) is 13.1 Å². The van der Waals surface area contributed by atoms with Crippen LogP contribution in [0.25, 0.3) is 10.9 Å². The standard InChI is InChI=1S/C20H24N6O/c1-2-25-13-21-24-18(25)15-11-26(12-20(15)9-5-6-10-20)19(27)17-14-7-3-4-8-16(14)22-23-17/h3-4,7-8,13,15H,2,5-6,9-12H2,1H3,(H,22,23). The van der Waals surface area contributed by atoms with Gasteiger partial charge in [0.1, 0.15) is 12.2 Å². The molecule has 2 fully saturated rings. The number of nitrogens with one attached hydrogen (secondary N) is 1. The quantitative estimate of drug-likeness (QED) is 0.775. The lowest BCUT2D eigenvalue weighted by Gasteiger charge is -2.29. The first kappa shape index (κ1) is 16.5. The van der Waals surface area contributed by atoms with E-state index in [9.17, 15) is 4.79 Å². The number of para-hydroxylation sites is 1. The Morgan fingerprint density at radius 2 is 2.11 bits per heavy atom. The number of rotatable bonds is 3. The Hall–Kier alpha value is -2.70. The molecule has 140 valence electrons. The molecule has 1 unspecified atom stereocenters. The van der Waals surface area contributed by atoms with E-state index in [0.717, 1.165) is 42.7 Å². The number of aryl methyl sites for hydroxylation is 1. The Bertz CT molecular complexity index is 983. The molecule has 7 nitrogen and oxygen atoms in total. The highest BCUT2D eigenvalue weighted by atomic mass is 16.2. The van der Waals surface area contributed by atoms with Crippen LogP contribution < -0.4 is 0 Å². The highest BCUT2D eigenvalue weighted by Crippen LogP contribution is 2.53. The van der Waals surface area contributed by atoms with E-state index in [1.807, 2.05) is 35.5 Å². The maximum atomic E-state index is 13.3. The van der Waals surface area contributed by atoms with E-state index in [4.69, 9.17) is 0 Å². The van der Waals surface area contributed by atoms with Gasteiger partial charge in [0.25, 0.3) is 5.91 Å². The fourth-order valence-electron chi connectivity index (χ4n) is 5.12. The summed E-state index contributed by atoms with van der Waals surface area (Å²) in [6, 6.07) is 7.81. The van der Waals surface area contributed by atoms with E-state index in [-0.39, 0.29) is 17.2 Å². The lowest BCUT2D eigenvalue weighted by molar-refractivity contribution is 0.0769. The molecule has 1 spiro atoms. The van der Waals surface area contributed by atoms with Crippen molar-refractivity contribution in [2.45, 2.75) is 45.1 Å². The van der Waals surface area contributed by atoms with Crippen molar-refractivity contribution in [1.82, 2.24) is 29.9 Å². The number of aromatic nitrogens is 5. The Morgan fingerprint density at radius 3 is 2.93 bits per heavy atom. The molecule has 27 heavy (non-hydrogen) atoms. The van der Waals surface area contributed by atoms with Gasteiger partial charge < -0.3 is 9.47 Å². The summed E-state index contributed by atoms with van der Waals surface area (Å²) >= 11 is 0. The topological polar surface area (TPSA) is 79.7 Å². The second kappa shape index (κ2) is 6.18. The summed E-state index contributed by atoms with van der Waals surface area (Å²) < 4.78 is 2.13. The fourth-order valence-corrected chi connectivity index (χ4v) is 5.12. The van der Waals surface area contributed by atoms with Crippen LogP contribution in [0.15, 0.2) is 30.6 Å². The number of aromatic amines is 1. The molecule has 0 radical (unpaired) electrons. The van der Waals surface area contributed by atoms with Gasteiger partial charge in [-0.1, -0.05) is 31.0 Å². The molecule has 1 N–H and O–H groups in total. The van der Waals surface area contributed by atoms with E-state index >= 15 is 0 Å². The van der Waals surface area contributed by atoms with Gasteiger partial charge in [-0.3, -0.25) is 9.89 Å². The number of likely N-dealkylation sites (tertiary alicyclic amines) is 1. The average molecular weight is 364 g/mol. The Kier molecular flexibility index (Phi) is 3.77. The number of carbonyl (C=O) groups excluding carboxylic acids is 1. The zero-order chi connectivity index (χ0) is 18.4. The number of H-pyrrole nitrogens is 1. The predicted octanol–water partition coefficient (Wildman–Crippen LogP) is 2.97. The van der Waals surface area contributed by atoms with Crippen molar-refractivity contribution in [3.05, 3.63) is 42.1 Å². The third kappa shape index (κ3) is 2.48. The van der Waals surface area contributed by atoms with E-state index in [0.29, 0.717) is 12.2 Å². The summed E-state index contributed by atoms with van der Waals surface area (Å²) in [4.78, 5) is 15.3. The molecule has 2 aliphatic rings. The number of hydrogen-bond donors (Lipinski definition) is 1. The first-order valence-corrected chi connectivity index (χ1v) is 9.82. The molecule has 5 rings (SSSR count). The van der Waals surface area contributed by atoms with E-state index in [1.165, 1.54) is 12.8 Å². The minimum atomic E-state index is 0.0174. The van der Waals surface area contributed by atoms with E-state index in [2.05, 4.69) is 31.9 Å². The molecule has 1 saturated carbocycles. The molecule has 2 aromatic heterocycles. The number of fused-ring (bicyclic) bond motifs is 1. The maximum Gasteiger partial charge on any atom is 0.275 e. The smallest absolute Gasteiger partial charge is 0.275 e. The zero-order valence-corrected chi connectivity index (χ0v) is 15.6. The van der Waals surface area contributed by atoms with Crippen molar-refractivity contribution in [1.29, 1.82) is 0 Å². The molecular weight excluding hydrogens is 340 g/mol. The van der Waals surface area contributed by atoms with Crippen LogP contribution in [0.1, 0.15) is 54.8 Å². The van der Waals surface area contributed by atoms with Crippen LogP contribution in [-0.4, -0.2) is 48.9 Å². The second-order valence-corrected chi connectivity index (χ2v) is 7.90.